The molecule has 0 aromatic carbocycles. The Bertz CT molecular complexity index is 864. The normalized spacial score (nSPS) is 24.2. The molecular weight excluding hydrogens is 408 g/mol. The Morgan fingerprint density at radius 1 is 1.20 bits per heavy atom. The predicted molar refractivity (Wildman–Crippen MR) is 111 cm³/mol. The number of piperidine rings is 1. The molecule has 1 aliphatic carbocycles. The van der Waals surface area contributed by atoms with Gasteiger partial charge in [0.2, 0.25) is 0 Å². The summed E-state index contributed by atoms with van der Waals surface area (Å²) in [7, 11) is 1.60. The van der Waals surface area contributed by atoms with Gasteiger partial charge >= 0.3 is 0 Å². The Kier molecular flexibility index (Phi) is 6.89. The molecule has 1 aromatic heterocycles. The second-order valence-electron chi connectivity index (χ2n) is 7.72. The highest BCUT2D eigenvalue weighted by molar-refractivity contribution is 7.10. The van der Waals surface area contributed by atoms with E-state index >= 15 is 0 Å². The van der Waals surface area contributed by atoms with Crippen LogP contribution >= 0.6 is 11.3 Å². The first kappa shape index (κ1) is 22.4. The lowest BCUT2D eigenvalue weighted by Crippen LogP contribution is -3.00. The van der Waals surface area contributed by atoms with Gasteiger partial charge in [-0.2, -0.15) is 0 Å². The second-order valence-corrected chi connectivity index (χ2v) is 8.70. The molecule has 30 heavy (non-hydrogen) atoms. The Hall–Kier alpha value is -2.30. The van der Waals surface area contributed by atoms with Gasteiger partial charge in [-0.05, 0) is 11.4 Å². The third-order valence-electron chi connectivity index (χ3n) is 5.75. The number of quaternary nitrogens is 1. The van der Waals surface area contributed by atoms with Crippen molar-refractivity contribution in [1.29, 1.82) is 0 Å². The Morgan fingerprint density at radius 3 is 2.47 bits per heavy atom. The number of aliphatic hydroxyl groups is 4. The lowest BCUT2D eigenvalue weighted by Gasteiger charge is -2.37. The predicted octanol–water partition coefficient (Wildman–Crippen LogP) is -0.578. The summed E-state index contributed by atoms with van der Waals surface area (Å²) in [6, 6.07) is 2.74. The van der Waals surface area contributed by atoms with Crippen molar-refractivity contribution >= 4 is 23.0 Å². The Balaban J connectivity index is 1.94. The maximum absolute atomic E-state index is 13.0. The molecule has 0 bridgehead atoms. The number of amides is 1. The number of nitrogens with zero attached hydrogens (tertiary/aromatic N) is 1. The molecule has 1 aliphatic heterocycles. The van der Waals surface area contributed by atoms with Gasteiger partial charge < -0.3 is 30.6 Å². The average molecular weight is 436 g/mol. The first-order chi connectivity index (χ1) is 14.4. The number of carbonyl (C=O) groups excluding carboxylic acids is 2. The van der Waals surface area contributed by atoms with Gasteiger partial charge in [0.15, 0.2) is 11.3 Å². The lowest BCUT2D eigenvalue weighted by atomic mass is 9.81. The van der Waals surface area contributed by atoms with Gasteiger partial charge in [-0.3, -0.25) is 9.59 Å². The molecule has 2 aliphatic rings. The summed E-state index contributed by atoms with van der Waals surface area (Å²) in [4.78, 5) is 28.1. The third kappa shape index (κ3) is 4.12. The molecule has 1 saturated heterocycles. The second kappa shape index (κ2) is 9.23. The summed E-state index contributed by atoms with van der Waals surface area (Å²) in [5, 5.41) is 43.4. The molecule has 3 rings (SSSR count). The summed E-state index contributed by atoms with van der Waals surface area (Å²) in [5.41, 5.74) is -1.50. The zero-order valence-electron chi connectivity index (χ0n) is 16.6. The van der Waals surface area contributed by atoms with E-state index in [0.29, 0.717) is 0 Å². The largest absolute Gasteiger partial charge is 0.511 e. The van der Waals surface area contributed by atoms with Crippen LogP contribution in [0.5, 0.6) is 0 Å². The highest BCUT2D eigenvalue weighted by Gasteiger charge is 2.44. The van der Waals surface area contributed by atoms with E-state index in [1.165, 1.54) is 16.2 Å². The van der Waals surface area contributed by atoms with Gasteiger partial charge in [-0.25, -0.2) is 0 Å². The number of ketones is 1. The van der Waals surface area contributed by atoms with Gasteiger partial charge in [-0.15, -0.1) is 11.3 Å². The van der Waals surface area contributed by atoms with Crippen molar-refractivity contribution in [2.24, 2.45) is 5.92 Å². The number of fused-ring (bicyclic) bond motifs is 1. The summed E-state index contributed by atoms with van der Waals surface area (Å²) < 4.78 is 0. The van der Waals surface area contributed by atoms with E-state index in [-0.39, 0.29) is 23.8 Å². The van der Waals surface area contributed by atoms with Crippen LogP contribution in [-0.4, -0.2) is 75.5 Å². The summed E-state index contributed by atoms with van der Waals surface area (Å²) in [6.45, 7) is -1.46. The first-order valence-electron chi connectivity index (χ1n) is 9.68. The molecule has 8 nitrogen and oxygen atoms in total. The number of likely N-dealkylation sites (N-methyl/N-ethyl adjacent to an activating group) is 1. The number of aliphatic hydroxyl groups excluding tert-OH is 4. The van der Waals surface area contributed by atoms with E-state index < -0.39 is 49.0 Å². The molecular formula is C21H27N2O6S+. The monoisotopic (exact) mass is 435 g/mol. The van der Waals surface area contributed by atoms with Crippen LogP contribution in [0, 0.1) is 5.92 Å². The number of carbonyl (C=O) groups is 2. The quantitative estimate of drug-likeness (QED) is 0.211. The minimum absolute atomic E-state index is 0.0696. The molecule has 0 radical (unpaired) electrons. The van der Waals surface area contributed by atoms with E-state index in [1.54, 1.807) is 36.7 Å². The van der Waals surface area contributed by atoms with Crippen LogP contribution in [0.3, 0.4) is 0 Å². The maximum atomic E-state index is 13.0. The zero-order valence-corrected chi connectivity index (χ0v) is 17.5. The maximum Gasteiger partial charge on any atom is 0.261 e. The fourth-order valence-electron chi connectivity index (χ4n) is 3.85. The Labute approximate surface area is 178 Å². The van der Waals surface area contributed by atoms with Gasteiger partial charge in [0.25, 0.3) is 5.91 Å². The van der Waals surface area contributed by atoms with Crippen LogP contribution in [0.15, 0.2) is 53.1 Å². The lowest BCUT2D eigenvalue weighted by molar-refractivity contribution is -0.767. The van der Waals surface area contributed by atoms with Crippen molar-refractivity contribution in [2.45, 2.75) is 24.0 Å². The number of rotatable bonds is 8. The fraction of sp³-hybridized carbons (Fsp3) is 0.429. The number of hydrogen-bond acceptors (Lipinski definition) is 7. The molecule has 162 valence electrons. The summed E-state index contributed by atoms with van der Waals surface area (Å²) in [6.07, 6.45) is 6.97. The standard InChI is InChI=1S/C21H26N2O6S/c1-23-15-6-3-2-5-13(15)19(28)18(20(23)29)16(27)9-14(17-7-4-8-30-17)22-21(10-24,11-25)12-26/h2-8,13-15,22,24-27H,9-12H2,1H3/p+1/b18-16+/t13-,14+,15-/m1/s1. The highest BCUT2D eigenvalue weighted by Crippen LogP contribution is 2.32. The molecule has 1 amide bonds. The zero-order chi connectivity index (χ0) is 21.9. The van der Waals surface area contributed by atoms with Crippen LogP contribution in [0.25, 0.3) is 0 Å². The van der Waals surface area contributed by atoms with Gasteiger partial charge in [-0.1, -0.05) is 30.4 Å². The molecule has 1 aromatic rings. The van der Waals surface area contributed by atoms with Gasteiger partial charge in [0, 0.05) is 7.05 Å². The van der Waals surface area contributed by atoms with Crippen molar-refractivity contribution in [2.75, 3.05) is 26.9 Å². The summed E-state index contributed by atoms with van der Waals surface area (Å²) >= 11 is 1.40. The van der Waals surface area contributed by atoms with Crippen LogP contribution < -0.4 is 5.32 Å². The third-order valence-corrected chi connectivity index (χ3v) is 6.75. The van der Waals surface area contributed by atoms with Gasteiger partial charge in [0.05, 0.1) is 23.3 Å². The van der Waals surface area contributed by atoms with Crippen molar-refractivity contribution in [1.82, 2.24) is 4.90 Å². The molecule has 1 fully saturated rings. The van der Waals surface area contributed by atoms with Crippen LogP contribution in [0.1, 0.15) is 17.3 Å². The molecule has 6 N–H and O–H groups in total. The van der Waals surface area contributed by atoms with E-state index in [2.05, 4.69) is 0 Å². The van der Waals surface area contributed by atoms with Crippen LogP contribution in [-0.2, 0) is 9.59 Å². The number of likely N-dealkylation sites (tertiary alicyclic amines) is 1. The number of thiophene rings is 1. The van der Waals surface area contributed by atoms with E-state index in [1.807, 2.05) is 17.5 Å². The number of Topliss-reactive ketones (excluding diaryl/α,β-unsaturated/α-hetero) is 1. The number of nitrogens with two attached hydrogens (primary N) is 1. The van der Waals surface area contributed by atoms with Crippen molar-refractivity contribution in [3.8, 4) is 0 Å². The number of allylic oxidation sites excluding steroid dienone is 2. The van der Waals surface area contributed by atoms with E-state index in [9.17, 15) is 30.0 Å². The minimum Gasteiger partial charge on any atom is -0.511 e. The molecule has 0 unspecified atom stereocenters. The molecule has 0 spiro atoms. The van der Waals surface area contributed by atoms with Crippen molar-refractivity contribution in [3.63, 3.8) is 0 Å². The topological polar surface area (TPSA) is 135 Å². The van der Waals surface area contributed by atoms with Crippen molar-refractivity contribution < 1.29 is 35.3 Å². The average Bonchev–Trinajstić information content (AvgIpc) is 3.30. The molecule has 9 heteroatoms. The van der Waals surface area contributed by atoms with Gasteiger partial charge in [0.1, 0.15) is 37.2 Å². The molecule has 3 atom stereocenters. The first-order valence-corrected chi connectivity index (χ1v) is 10.6. The van der Waals surface area contributed by atoms with Crippen LogP contribution in [0.2, 0.25) is 0 Å². The van der Waals surface area contributed by atoms with Crippen LogP contribution in [0.4, 0.5) is 0 Å². The fourth-order valence-corrected chi connectivity index (χ4v) is 4.64. The van der Waals surface area contributed by atoms with E-state index in [0.717, 1.165) is 4.88 Å². The Morgan fingerprint density at radius 2 is 1.87 bits per heavy atom. The highest BCUT2D eigenvalue weighted by atomic mass is 32.1. The van der Waals surface area contributed by atoms with E-state index in [4.69, 9.17) is 0 Å². The smallest absolute Gasteiger partial charge is 0.261 e. The molecule has 0 saturated carbocycles. The minimum atomic E-state index is -1.26. The summed E-state index contributed by atoms with van der Waals surface area (Å²) in [5.74, 6) is -1.86. The SMILES string of the molecule is CN1C(=O)/C(=C(/O)C[C@H]([NH2+]C(CO)(CO)CO)c2cccs2)C(=O)[C@@H]2C=CC=C[C@H]21. The van der Waals surface area contributed by atoms with Crippen molar-refractivity contribution in [3.05, 3.63) is 58.0 Å². The molecule has 2 heterocycles. The number of hydrogen-bond donors (Lipinski definition) is 5.